The molecule has 0 fully saturated rings. The van der Waals surface area contributed by atoms with Crippen molar-refractivity contribution in [1.29, 1.82) is 0 Å². The van der Waals surface area contributed by atoms with E-state index in [0.29, 0.717) is 19.0 Å². The zero-order chi connectivity index (χ0) is 16.5. The Kier molecular flexibility index (Phi) is 9.13. The molecular formula is C16H25IN6O. The number of ether oxygens (including phenoxy) is 1. The molecule has 0 saturated heterocycles. The number of hydrogen-bond donors (Lipinski definition) is 2. The first-order valence-electron chi connectivity index (χ1n) is 7.72. The molecule has 1 unspecified atom stereocenters. The summed E-state index contributed by atoms with van der Waals surface area (Å²) in [7, 11) is 3.60. The van der Waals surface area contributed by atoms with Crippen LogP contribution in [0.3, 0.4) is 0 Å². The number of halogens is 1. The molecule has 0 aliphatic heterocycles. The zero-order valence-electron chi connectivity index (χ0n) is 14.3. The maximum absolute atomic E-state index is 5.96. The van der Waals surface area contributed by atoms with Gasteiger partial charge in [-0.1, -0.05) is 25.1 Å². The Hall–Kier alpha value is -1.84. The monoisotopic (exact) mass is 444 g/mol. The molecule has 1 aromatic heterocycles. The highest BCUT2D eigenvalue weighted by Crippen LogP contribution is 2.11. The second-order valence-electron chi connectivity index (χ2n) is 5.07. The van der Waals surface area contributed by atoms with Crippen LogP contribution >= 0.6 is 24.0 Å². The van der Waals surface area contributed by atoms with Gasteiger partial charge in [0, 0.05) is 14.1 Å². The predicted octanol–water partition coefficient (Wildman–Crippen LogP) is 1.96. The maximum Gasteiger partial charge on any atom is 0.191 e. The van der Waals surface area contributed by atoms with Gasteiger partial charge in [-0.25, -0.2) is 4.98 Å². The molecule has 1 aromatic carbocycles. The Balaban J connectivity index is 0.00000288. The molecule has 1 atom stereocenters. The molecule has 0 aliphatic carbocycles. The Morgan fingerprint density at radius 3 is 2.62 bits per heavy atom. The lowest BCUT2D eigenvalue weighted by Crippen LogP contribution is -2.42. The normalized spacial score (nSPS) is 12.2. The Labute approximate surface area is 159 Å². The third-order valence-electron chi connectivity index (χ3n) is 3.44. The molecule has 7 nitrogen and oxygen atoms in total. The van der Waals surface area contributed by atoms with E-state index in [9.17, 15) is 0 Å². The smallest absolute Gasteiger partial charge is 0.191 e. The summed E-state index contributed by atoms with van der Waals surface area (Å²) in [4.78, 5) is 8.38. The van der Waals surface area contributed by atoms with E-state index >= 15 is 0 Å². The number of para-hydroxylation sites is 1. The molecule has 2 N–H and O–H groups in total. The quantitative estimate of drug-likeness (QED) is 0.388. The first kappa shape index (κ1) is 20.2. The zero-order valence-corrected chi connectivity index (χ0v) is 16.6. The lowest BCUT2D eigenvalue weighted by atomic mass is 10.2. The number of aryl methyl sites for hydroxylation is 1. The van der Waals surface area contributed by atoms with E-state index in [1.165, 1.54) is 6.33 Å². The first-order chi connectivity index (χ1) is 11.2. The number of nitrogens with one attached hydrogen (secondary N) is 2. The molecule has 0 amide bonds. The van der Waals surface area contributed by atoms with Gasteiger partial charge in [0.2, 0.25) is 0 Å². The van der Waals surface area contributed by atoms with Crippen LogP contribution in [0.25, 0.3) is 0 Å². The van der Waals surface area contributed by atoms with Gasteiger partial charge in [0.1, 0.15) is 24.0 Å². The van der Waals surface area contributed by atoms with Crippen LogP contribution in [0.1, 0.15) is 19.2 Å². The van der Waals surface area contributed by atoms with E-state index in [4.69, 9.17) is 4.74 Å². The number of aliphatic imine (C=N–C) groups is 1. The van der Waals surface area contributed by atoms with Crippen LogP contribution in [0.5, 0.6) is 5.75 Å². The van der Waals surface area contributed by atoms with Crippen LogP contribution in [0.2, 0.25) is 0 Å². The number of aromatic nitrogens is 3. The maximum atomic E-state index is 5.96. The summed E-state index contributed by atoms with van der Waals surface area (Å²) in [5.74, 6) is 2.44. The van der Waals surface area contributed by atoms with E-state index in [1.807, 2.05) is 37.4 Å². The number of benzene rings is 1. The average Bonchev–Trinajstić information content (AvgIpc) is 3.00. The number of nitrogens with zero attached hydrogens (tertiary/aromatic N) is 4. The highest BCUT2D eigenvalue weighted by Gasteiger charge is 2.09. The van der Waals surface area contributed by atoms with Crippen LogP contribution in [-0.2, 0) is 13.6 Å². The number of rotatable bonds is 7. The van der Waals surface area contributed by atoms with Crippen molar-refractivity contribution in [2.24, 2.45) is 12.0 Å². The molecule has 0 saturated carbocycles. The van der Waals surface area contributed by atoms with Gasteiger partial charge in [0.15, 0.2) is 5.96 Å². The van der Waals surface area contributed by atoms with E-state index < -0.39 is 0 Å². The third-order valence-corrected chi connectivity index (χ3v) is 3.44. The van der Waals surface area contributed by atoms with Gasteiger partial charge in [0.05, 0.1) is 13.1 Å². The number of guanidine groups is 1. The minimum absolute atomic E-state index is 0. The second-order valence-corrected chi connectivity index (χ2v) is 5.07. The van der Waals surface area contributed by atoms with E-state index in [2.05, 4.69) is 32.6 Å². The van der Waals surface area contributed by atoms with E-state index in [-0.39, 0.29) is 30.1 Å². The minimum atomic E-state index is 0. The van der Waals surface area contributed by atoms with Crippen molar-refractivity contribution < 1.29 is 4.74 Å². The molecule has 1 heterocycles. The van der Waals surface area contributed by atoms with Gasteiger partial charge in [0.25, 0.3) is 0 Å². The summed E-state index contributed by atoms with van der Waals surface area (Å²) >= 11 is 0. The van der Waals surface area contributed by atoms with Crippen molar-refractivity contribution >= 4 is 29.9 Å². The van der Waals surface area contributed by atoms with Crippen molar-refractivity contribution in [3.63, 3.8) is 0 Å². The molecule has 0 radical (unpaired) electrons. The molecule has 8 heteroatoms. The van der Waals surface area contributed by atoms with Crippen LogP contribution in [0, 0.1) is 0 Å². The van der Waals surface area contributed by atoms with Crippen LogP contribution < -0.4 is 15.4 Å². The van der Waals surface area contributed by atoms with Crippen molar-refractivity contribution in [2.75, 3.05) is 13.6 Å². The molecule has 2 aromatic rings. The SMILES string of the molecule is CCC(CNC(=NC)NCc1ncnn1C)Oc1ccccc1.I. The standard InChI is InChI=1S/C16H24N6O.HI/c1-4-13(23-14-8-6-5-7-9-14)10-18-16(17-2)19-11-15-20-12-21-22(15)3;/h5-9,12-13H,4,10-11H2,1-3H3,(H2,17,18,19);1H. The number of hydrogen-bond acceptors (Lipinski definition) is 4. The van der Waals surface area contributed by atoms with Crippen LogP contribution in [-0.4, -0.2) is 40.4 Å². The van der Waals surface area contributed by atoms with Gasteiger partial charge >= 0.3 is 0 Å². The molecule has 2 rings (SSSR count). The fourth-order valence-corrected chi connectivity index (χ4v) is 2.03. The Morgan fingerprint density at radius 2 is 2.04 bits per heavy atom. The molecule has 132 valence electrons. The van der Waals surface area contributed by atoms with Gasteiger partial charge in [-0.15, -0.1) is 24.0 Å². The summed E-state index contributed by atoms with van der Waals surface area (Å²) < 4.78 is 7.69. The first-order valence-corrected chi connectivity index (χ1v) is 7.72. The van der Waals surface area contributed by atoms with Crippen LogP contribution in [0.15, 0.2) is 41.7 Å². The van der Waals surface area contributed by atoms with E-state index in [1.54, 1.807) is 11.7 Å². The summed E-state index contributed by atoms with van der Waals surface area (Å²) in [5.41, 5.74) is 0. The fraction of sp³-hybridized carbons (Fsp3) is 0.438. The van der Waals surface area contributed by atoms with Crippen molar-refractivity contribution in [3.05, 3.63) is 42.5 Å². The molecule has 0 aliphatic rings. The van der Waals surface area contributed by atoms with Crippen molar-refractivity contribution in [1.82, 2.24) is 25.4 Å². The largest absolute Gasteiger partial charge is 0.489 e. The van der Waals surface area contributed by atoms with Crippen molar-refractivity contribution in [3.8, 4) is 5.75 Å². The highest BCUT2D eigenvalue weighted by atomic mass is 127. The topological polar surface area (TPSA) is 76.4 Å². The van der Waals surface area contributed by atoms with Gasteiger partial charge in [-0.3, -0.25) is 9.67 Å². The molecule has 0 spiro atoms. The Morgan fingerprint density at radius 1 is 1.29 bits per heavy atom. The minimum Gasteiger partial charge on any atom is -0.489 e. The lowest BCUT2D eigenvalue weighted by molar-refractivity contribution is 0.199. The van der Waals surface area contributed by atoms with Gasteiger partial charge in [-0.05, 0) is 18.6 Å². The predicted molar refractivity (Wildman–Crippen MR) is 106 cm³/mol. The highest BCUT2D eigenvalue weighted by molar-refractivity contribution is 14.0. The fourth-order valence-electron chi connectivity index (χ4n) is 2.03. The van der Waals surface area contributed by atoms with Crippen LogP contribution in [0.4, 0.5) is 0 Å². The molecular weight excluding hydrogens is 419 g/mol. The summed E-state index contributed by atoms with van der Waals surface area (Å²) in [5, 5.41) is 10.5. The second kappa shape index (κ2) is 10.8. The summed E-state index contributed by atoms with van der Waals surface area (Å²) in [6.07, 6.45) is 2.52. The lowest BCUT2D eigenvalue weighted by Gasteiger charge is -2.19. The van der Waals surface area contributed by atoms with Gasteiger partial charge < -0.3 is 15.4 Å². The molecule has 24 heavy (non-hydrogen) atoms. The average molecular weight is 444 g/mol. The summed E-state index contributed by atoms with van der Waals surface area (Å²) in [6.45, 7) is 3.33. The summed E-state index contributed by atoms with van der Waals surface area (Å²) in [6, 6.07) is 9.84. The third kappa shape index (κ3) is 6.34. The van der Waals surface area contributed by atoms with Crippen molar-refractivity contribution in [2.45, 2.75) is 26.0 Å². The van der Waals surface area contributed by atoms with Gasteiger partial charge in [-0.2, -0.15) is 5.10 Å². The molecule has 0 bridgehead atoms. The van der Waals surface area contributed by atoms with E-state index in [0.717, 1.165) is 18.0 Å². The Bertz CT molecular complexity index is 616.